The number of rotatable bonds is 6. The molecule has 0 fully saturated rings. The highest BCUT2D eigenvalue weighted by atomic mass is 32.1. The van der Waals surface area contributed by atoms with E-state index in [2.05, 4.69) is 39.1 Å². The molecule has 1 aromatic rings. The lowest BCUT2D eigenvalue weighted by Crippen LogP contribution is -2.31. The molecule has 0 aliphatic carbocycles. The highest BCUT2D eigenvalue weighted by molar-refractivity contribution is 7.12. The summed E-state index contributed by atoms with van der Waals surface area (Å²) < 4.78 is 0. The number of nitrogens with one attached hydrogen (secondary N) is 1. The average molecular weight is 241 g/mol. The van der Waals surface area contributed by atoms with Crippen LogP contribution in [0.4, 0.5) is 0 Å². The molecule has 3 heteroatoms. The Hall–Kier alpha value is -0.380. The Bertz CT molecular complexity index is 322. The quantitative estimate of drug-likeness (QED) is 0.802. The zero-order chi connectivity index (χ0) is 12.1. The fourth-order valence-corrected chi connectivity index (χ4v) is 3.11. The van der Waals surface area contributed by atoms with Crippen LogP contribution < -0.4 is 5.32 Å². The van der Waals surface area contributed by atoms with Crippen LogP contribution in [0.15, 0.2) is 6.07 Å². The Balaban J connectivity index is 2.63. The highest BCUT2D eigenvalue weighted by Crippen LogP contribution is 2.26. The average Bonchev–Trinajstić information content (AvgIpc) is 2.57. The van der Waals surface area contributed by atoms with Gasteiger partial charge in [0.15, 0.2) is 0 Å². The van der Waals surface area contributed by atoms with E-state index < -0.39 is 0 Å². The van der Waals surface area contributed by atoms with E-state index >= 15 is 0 Å². The normalized spacial score (nSPS) is 15.1. The van der Waals surface area contributed by atoms with Gasteiger partial charge < -0.3 is 10.4 Å². The van der Waals surface area contributed by atoms with Gasteiger partial charge in [-0.25, -0.2) is 0 Å². The number of hydrogen-bond donors (Lipinski definition) is 2. The lowest BCUT2D eigenvalue weighted by Gasteiger charge is -2.21. The summed E-state index contributed by atoms with van der Waals surface area (Å²) in [5.74, 6) is 0. The van der Waals surface area contributed by atoms with Crippen LogP contribution in [0.5, 0.6) is 0 Å². The lowest BCUT2D eigenvalue weighted by molar-refractivity contribution is 0.257. The maximum Gasteiger partial charge on any atom is 0.0445 e. The Labute approximate surface area is 103 Å². The van der Waals surface area contributed by atoms with E-state index in [1.165, 1.54) is 15.3 Å². The topological polar surface area (TPSA) is 32.3 Å². The summed E-state index contributed by atoms with van der Waals surface area (Å²) in [6.07, 6.45) is 1.90. The lowest BCUT2D eigenvalue weighted by atomic mass is 10.1. The summed E-state index contributed by atoms with van der Waals surface area (Å²) in [4.78, 5) is 2.77. The van der Waals surface area contributed by atoms with Gasteiger partial charge in [-0.15, -0.1) is 11.3 Å². The molecule has 1 heterocycles. The van der Waals surface area contributed by atoms with Gasteiger partial charge in [0.25, 0.3) is 0 Å². The van der Waals surface area contributed by atoms with Crippen molar-refractivity contribution in [2.24, 2.45) is 0 Å². The molecule has 0 saturated heterocycles. The number of aliphatic hydroxyl groups is 1. The van der Waals surface area contributed by atoms with Crippen molar-refractivity contribution in [3.8, 4) is 0 Å². The van der Waals surface area contributed by atoms with Crippen molar-refractivity contribution in [1.29, 1.82) is 0 Å². The van der Waals surface area contributed by atoms with Crippen molar-refractivity contribution < 1.29 is 5.11 Å². The van der Waals surface area contributed by atoms with E-state index in [1.807, 2.05) is 11.3 Å². The molecule has 1 aromatic heterocycles. The molecule has 0 bridgehead atoms. The first-order valence-corrected chi connectivity index (χ1v) is 6.84. The molecule has 0 aromatic carbocycles. The van der Waals surface area contributed by atoms with Crippen LogP contribution in [0, 0.1) is 13.8 Å². The third-order valence-electron chi connectivity index (χ3n) is 3.00. The van der Waals surface area contributed by atoms with Gasteiger partial charge in [0.2, 0.25) is 0 Å². The largest absolute Gasteiger partial charge is 0.396 e. The first kappa shape index (κ1) is 13.7. The molecule has 2 N–H and O–H groups in total. The van der Waals surface area contributed by atoms with E-state index in [9.17, 15) is 0 Å². The molecule has 16 heavy (non-hydrogen) atoms. The Kier molecular flexibility index (Phi) is 5.46. The summed E-state index contributed by atoms with van der Waals surface area (Å²) in [7, 11) is 0. The molecule has 0 aliphatic heterocycles. The predicted molar refractivity (Wildman–Crippen MR) is 71.1 cm³/mol. The molecular formula is C13H23NOS. The van der Waals surface area contributed by atoms with Crippen molar-refractivity contribution in [3.63, 3.8) is 0 Å². The second-order valence-corrected chi connectivity index (χ2v) is 5.83. The Morgan fingerprint density at radius 2 is 2.12 bits per heavy atom. The van der Waals surface area contributed by atoms with Crippen LogP contribution >= 0.6 is 11.3 Å². The maximum absolute atomic E-state index is 8.97. The molecule has 0 radical (unpaired) electrons. The first-order valence-electron chi connectivity index (χ1n) is 6.02. The summed E-state index contributed by atoms with van der Waals surface area (Å²) in [6.45, 7) is 8.96. The maximum atomic E-state index is 8.97. The fraction of sp³-hybridized carbons (Fsp3) is 0.692. The van der Waals surface area contributed by atoms with E-state index in [0.717, 1.165) is 12.8 Å². The van der Waals surface area contributed by atoms with Gasteiger partial charge >= 0.3 is 0 Å². The summed E-state index contributed by atoms with van der Waals surface area (Å²) >= 11 is 1.86. The summed E-state index contributed by atoms with van der Waals surface area (Å²) in [5, 5.41) is 12.6. The molecule has 0 amide bonds. The number of hydrogen-bond acceptors (Lipinski definition) is 3. The molecule has 2 nitrogen and oxygen atoms in total. The van der Waals surface area contributed by atoms with Crippen LogP contribution in [0.1, 0.15) is 48.0 Å². The predicted octanol–water partition coefficient (Wildman–Crippen LogP) is 3.18. The molecule has 2 atom stereocenters. The SMILES string of the molecule is CCC(CCO)NC(C)c1cc(C)sc1C. The van der Waals surface area contributed by atoms with Gasteiger partial charge in [-0.2, -0.15) is 0 Å². The van der Waals surface area contributed by atoms with Crippen molar-refractivity contribution in [3.05, 3.63) is 21.4 Å². The Morgan fingerprint density at radius 1 is 1.44 bits per heavy atom. The van der Waals surface area contributed by atoms with E-state index in [-0.39, 0.29) is 6.61 Å². The van der Waals surface area contributed by atoms with Crippen molar-refractivity contribution in [2.75, 3.05) is 6.61 Å². The first-order chi connectivity index (χ1) is 7.58. The van der Waals surface area contributed by atoms with Gasteiger partial charge in [0, 0.05) is 28.4 Å². The monoisotopic (exact) mass is 241 g/mol. The summed E-state index contributed by atoms with van der Waals surface area (Å²) in [6, 6.07) is 3.06. The van der Waals surface area contributed by atoms with Crippen LogP contribution in [0.25, 0.3) is 0 Å². The number of thiophene rings is 1. The fourth-order valence-electron chi connectivity index (χ4n) is 2.08. The van der Waals surface area contributed by atoms with Gasteiger partial charge in [-0.05, 0) is 45.2 Å². The van der Waals surface area contributed by atoms with Gasteiger partial charge in [0.05, 0.1) is 0 Å². The smallest absolute Gasteiger partial charge is 0.0445 e. The number of aliphatic hydroxyl groups excluding tert-OH is 1. The Morgan fingerprint density at radius 3 is 2.56 bits per heavy atom. The second-order valence-electron chi connectivity index (χ2n) is 4.37. The molecule has 92 valence electrons. The summed E-state index contributed by atoms with van der Waals surface area (Å²) in [5.41, 5.74) is 1.40. The van der Waals surface area contributed by atoms with Gasteiger partial charge in [-0.3, -0.25) is 0 Å². The zero-order valence-corrected chi connectivity index (χ0v) is 11.5. The molecule has 2 unspecified atom stereocenters. The number of aryl methyl sites for hydroxylation is 2. The van der Waals surface area contributed by atoms with Crippen molar-refractivity contribution in [2.45, 2.75) is 52.6 Å². The third-order valence-corrected chi connectivity index (χ3v) is 3.98. The molecule has 0 aliphatic rings. The van der Waals surface area contributed by atoms with Crippen molar-refractivity contribution in [1.82, 2.24) is 5.32 Å². The van der Waals surface area contributed by atoms with Crippen LogP contribution in [-0.2, 0) is 0 Å². The standard InChI is InChI=1S/C13H23NOS/c1-5-12(6-7-15)14-10(3)13-8-9(2)16-11(13)4/h8,10,12,14-15H,5-7H2,1-4H3. The minimum Gasteiger partial charge on any atom is -0.396 e. The zero-order valence-electron chi connectivity index (χ0n) is 10.7. The second kappa shape index (κ2) is 6.38. The third kappa shape index (κ3) is 3.58. The minimum atomic E-state index is 0.264. The molecular weight excluding hydrogens is 218 g/mol. The van der Waals surface area contributed by atoms with Crippen molar-refractivity contribution >= 4 is 11.3 Å². The molecule has 1 rings (SSSR count). The van der Waals surface area contributed by atoms with E-state index in [4.69, 9.17) is 5.11 Å². The van der Waals surface area contributed by atoms with Gasteiger partial charge in [-0.1, -0.05) is 6.92 Å². The van der Waals surface area contributed by atoms with E-state index in [0.29, 0.717) is 12.1 Å². The van der Waals surface area contributed by atoms with Crippen LogP contribution in [0.3, 0.4) is 0 Å². The molecule has 0 saturated carbocycles. The minimum absolute atomic E-state index is 0.264. The van der Waals surface area contributed by atoms with Crippen LogP contribution in [-0.4, -0.2) is 17.8 Å². The highest BCUT2D eigenvalue weighted by Gasteiger charge is 2.14. The van der Waals surface area contributed by atoms with Crippen LogP contribution in [0.2, 0.25) is 0 Å². The van der Waals surface area contributed by atoms with E-state index in [1.54, 1.807) is 0 Å². The van der Waals surface area contributed by atoms with Gasteiger partial charge in [0.1, 0.15) is 0 Å². The molecule has 0 spiro atoms.